The molecule has 0 spiro atoms. The molecular weight excluding hydrogens is 242 g/mol. The van der Waals surface area contributed by atoms with Gasteiger partial charge in [0.2, 0.25) is 0 Å². The number of anilines is 1. The summed E-state index contributed by atoms with van der Waals surface area (Å²) in [7, 11) is 1.72. The van der Waals surface area contributed by atoms with Crippen LogP contribution in [-0.2, 0) is 9.53 Å². The Labute approximate surface area is 114 Å². The SMILES string of the molecule is COC1CCCCC1N(CC(=O)O)c1ccccc1. The van der Waals surface area contributed by atoms with Crippen LogP contribution in [0.5, 0.6) is 0 Å². The third-order valence-electron chi connectivity index (χ3n) is 3.76. The number of methoxy groups -OCH3 is 1. The summed E-state index contributed by atoms with van der Waals surface area (Å²) in [5.74, 6) is -0.802. The lowest BCUT2D eigenvalue weighted by atomic mass is 9.90. The van der Waals surface area contributed by atoms with Gasteiger partial charge in [0, 0.05) is 12.8 Å². The highest BCUT2D eigenvalue weighted by Crippen LogP contribution is 2.28. The van der Waals surface area contributed by atoms with Crippen molar-refractivity contribution in [3.05, 3.63) is 30.3 Å². The van der Waals surface area contributed by atoms with E-state index in [1.165, 1.54) is 0 Å². The van der Waals surface area contributed by atoms with Gasteiger partial charge in [-0.2, -0.15) is 0 Å². The number of para-hydroxylation sites is 1. The maximum atomic E-state index is 11.1. The molecule has 1 aliphatic carbocycles. The normalized spacial score (nSPS) is 23.0. The molecule has 19 heavy (non-hydrogen) atoms. The number of benzene rings is 1. The van der Waals surface area contributed by atoms with Crippen LogP contribution in [-0.4, -0.2) is 36.9 Å². The lowest BCUT2D eigenvalue weighted by Gasteiger charge is -2.39. The lowest BCUT2D eigenvalue weighted by molar-refractivity contribution is -0.135. The van der Waals surface area contributed by atoms with Crippen LogP contribution in [0.15, 0.2) is 30.3 Å². The van der Waals surface area contributed by atoms with E-state index in [1.807, 2.05) is 35.2 Å². The van der Waals surface area contributed by atoms with Gasteiger partial charge in [-0.05, 0) is 25.0 Å². The number of nitrogens with zero attached hydrogens (tertiary/aromatic N) is 1. The average Bonchev–Trinajstić information content (AvgIpc) is 2.45. The first kappa shape index (κ1) is 13.9. The van der Waals surface area contributed by atoms with Crippen LogP contribution < -0.4 is 4.90 Å². The number of rotatable bonds is 5. The van der Waals surface area contributed by atoms with Crippen LogP contribution in [0, 0.1) is 0 Å². The number of aliphatic carboxylic acids is 1. The largest absolute Gasteiger partial charge is 0.480 e. The molecule has 1 fully saturated rings. The first-order valence-electron chi connectivity index (χ1n) is 6.78. The van der Waals surface area contributed by atoms with Crippen LogP contribution >= 0.6 is 0 Å². The first-order chi connectivity index (χ1) is 9.22. The fraction of sp³-hybridized carbons (Fsp3) is 0.533. The van der Waals surface area contributed by atoms with Gasteiger partial charge < -0.3 is 14.7 Å². The number of carbonyl (C=O) groups is 1. The van der Waals surface area contributed by atoms with Gasteiger partial charge in [0.25, 0.3) is 0 Å². The third kappa shape index (κ3) is 3.47. The molecule has 0 aliphatic heterocycles. The molecular formula is C15H21NO3. The fourth-order valence-corrected chi connectivity index (χ4v) is 2.87. The molecule has 0 aromatic heterocycles. The third-order valence-corrected chi connectivity index (χ3v) is 3.76. The molecule has 1 aromatic rings. The monoisotopic (exact) mass is 263 g/mol. The van der Waals surface area contributed by atoms with Crippen molar-refractivity contribution in [2.24, 2.45) is 0 Å². The molecule has 1 saturated carbocycles. The second-order valence-electron chi connectivity index (χ2n) is 4.98. The molecule has 0 saturated heterocycles. The number of carboxylic acids is 1. The molecule has 0 radical (unpaired) electrons. The summed E-state index contributed by atoms with van der Waals surface area (Å²) < 4.78 is 5.55. The quantitative estimate of drug-likeness (QED) is 0.887. The van der Waals surface area contributed by atoms with Crippen molar-refractivity contribution in [1.82, 2.24) is 0 Å². The van der Waals surface area contributed by atoms with E-state index in [2.05, 4.69) is 0 Å². The molecule has 2 unspecified atom stereocenters. The highest BCUT2D eigenvalue weighted by atomic mass is 16.5. The molecule has 0 amide bonds. The smallest absolute Gasteiger partial charge is 0.323 e. The van der Waals surface area contributed by atoms with Gasteiger partial charge in [0.05, 0.1) is 12.1 Å². The summed E-state index contributed by atoms with van der Waals surface area (Å²) in [5.41, 5.74) is 0.957. The van der Waals surface area contributed by atoms with Gasteiger partial charge in [-0.1, -0.05) is 31.0 Å². The van der Waals surface area contributed by atoms with Crippen molar-refractivity contribution >= 4 is 11.7 Å². The molecule has 2 atom stereocenters. The van der Waals surface area contributed by atoms with Gasteiger partial charge in [0.15, 0.2) is 0 Å². The summed E-state index contributed by atoms with van der Waals surface area (Å²) in [6, 6.07) is 9.90. The Bertz CT molecular complexity index is 407. The Morgan fingerprint density at radius 1 is 1.32 bits per heavy atom. The zero-order chi connectivity index (χ0) is 13.7. The van der Waals surface area contributed by atoms with Crippen molar-refractivity contribution in [3.63, 3.8) is 0 Å². The summed E-state index contributed by atoms with van der Waals surface area (Å²) in [6.07, 6.45) is 4.40. The highest BCUT2D eigenvalue weighted by molar-refractivity contribution is 5.74. The van der Waals surface area contributed by atoms with Gasteiger partial charge >= 0.3 is 5.97 Å². The Kier molecular flexibility index (Phi) is 4.80. The zero-order valence-electron chi connectivity index (χ0n) is 11.3. The van der Waals surface area contributed by atoms with E-state index in [4.69, 9.17) is 9.84 Å². The van der Waals surface area contributed by atoms with E-state index < -0.39 is 5.97 Å². The van der Waals surface area contributed by atoms with Gasteiger partial charge in [-0.25, -0.2) is 0 Å². The highest BCUT2D eigenvalue weighted by Gasteiger charge is 2.31. The van der Waals surface area contributed by atoms with Gasteiger partial charge in [0.1, 0.15) is 6.54 Å². The summed E-state index contributed by atoms with van der Waals surface area (Å²) in [4.78, 5) is 13.1. The summed E-state index contributed by atoms with van der Waals surface area (Å²) in [5, 5.41) is 9.15. The molecule has 4 nitrogen and oxygen atoms in total. The number of ether oxygens (including phenoxy) is 1. The van der Waals surface area contributed by atoms with E-state index in [9.17, 15) is 4.79 Å². The fourth-order valence-electron chi connectivity index (χ4n) is 2.87. The van der Waals surface area contributed by atoms with Crippen LogP contribution in [0.3, 0.4) is 0 Å². The Hall–Kier alpha value is -1.55. The molecule has 104 valence electrons. The second kappa shape index (κ2) is 6.57. The molecule has 1 aliphatic rings. The van der Waals surface area contributed by atoms with E-state index >= 15 is 0 Å². The Morgan fingerprint density at radius 2 is 2.00 bits per heavy atom. The van der Waals surface area contributed by atoms with Crippen LogP contribution in [0.1, 0.15) is 25.7 Å². The average molecular weight is 263 g/mol. The van der Waals surface area contributed by atoms with Crippen molar-refractivity contribution in [3.8, 4) is 0 Å². The zero-order valence-corrected chi connectivity index (χ0v) is 11.3. The molecule has 1 N–H and O–H groups in total. The second-order valence-corrected chi connectivity index (χ2v) is 4.98. The predicted molar refractivity (Wildman–Crippen MR) is 74.5 cm³/mol. The molecule has 1 aromatic carbocycles. The van der Waals surface area contributed by atoms with Crippen LogP contribution in [0.25, 0.3) is 0 Å². The Morgan fingerprint density at radius 3 is 2.63 bits per heavy atom. The molecule has 4 heteroatoms. The van der Waals surface area contributed by atoms with E-state index in [-0.39, 0.29) is 18.7 Å². The minimum atomic E-state index is -0.802. The van der Waals surface area contributed by atoms with Crippen molar-refractivity contribution < 1.29 is 14.6 Å². The minimum Gasteiger partial charge on any atom is -0.480 e. The first-order valence-corrected chi connectivity index (χ1v) is 6.78. The van der Waals surface area contributed by atoms with E-state index in [0.29, 0.717) is 0 Å². The molecule has 2 rings (SSSR count). The summed E-state index contributed by atoms with van der Waals surface area (Å²) in [6.45, 7) is 0.0224. The Balaban J connectivity index is 2.23. The number of hydrogen-bond acceptors (Lipinski definition) is 3. The maximum Gasteiger partial charge on any atom is 0.323 e. The van der Waals surface area contributed by atoms with E-state index in [1.54, 1.807) is 7.11 Å². The minimum absolute atomic E-state index is 0.0224. The van der Waals surface area contributed by atoms with Crippen molar-refractivity contribution in [2.75, 3.05) is 18.6 Å². The lowest BCUT2D eigenvalue weighted by Crippen LogP contribution is -2.48. The van der Waals surface area contributed by atoms with Gasteiger partial charge in [-0.3, -0.25) is 4.79 Å². The van der Waals surface area contributed by atoms with E-state index in [0.717, 1.165) is 31.4 Å². The predicted octanol–water partition coefficient (Wildman–Crippen LogP) is 2.54. The molecule has 0 bridgehead atoms. The topological polar surface area (TPSA) is 49.8 Å². The standard InChI is InChI=1S/C15H21NO3/c1-19-14-10-6-5-9-13(14)16(11-15(17)18)12-7-3-2-4-8-12/h2-4,7-8,13-14H,5-6,9-11H2,1H3,(H,17,18). The van der Waals surface area contributed by atoms with Crippen LogP contribution in [0.2, 0.25) is 0 Å². The van der Waals surface area contributed by atoms with Crippen molar-refractivity contribution in [2.45, 2.75) is 37.8 Å². The maximum absolute atomic E-state index is 11.1. The van der Waals surface area contributed by atoms with Gasteiger partial charge in [-0.15, -0.1) is 0 Å². The number of carboxylic acid groups (broad SMARTS) is 1. The molecule has 0 heterocycles. The number of hydrogen-bond donors (Lipinski definition) is 1. The van der Waals surface area contributed by atoms with Crippen molar-refractivity contribution in [1.29, 1.82) is 0 Å². The van der Waals surface area contributed by atoms with Crippen LogP contribution in [0.4, 0.5) is 5.69 Å². The summed E-state index contributed by atoms with van der Waals surface area (Å²) >= 11 is 0.